The standard InChI is InChI=1S/C12H10ClNO2S/c13-9-4-1-5-10(14)11(9)12(15)16-7-8-3-2-6-17-8/h1-6H,7,14H2. The minimum atomic E-state index is -0.499. The van der Waals surface area contributed by atoms with E-state index in [0.29, 0.717) is 10.7 Å². The molecule has 0 fully saturated rings. The predicted octanol–water partition coefficient (Wildman–Crippen LogP) is 3.34. The van der Waals surface area contributed by atoms with Gasteiger partial charge >= 0.3 is 5.97 Å². The first-order chi connectivity index (χ1) is 8.18. The Hall–Kier alpha value is -1.52. The predicted molar refractivity (Wildman–Crippen MR) is 69.3 cm³/mol. The molecule has 2 rings (SSSR count). The van der Waals surface area contributed by atoms with Gasteiger partial charge in [-0.2, -0.15) is 0 Å². The number of thiophene rings is 1. The smallest absolute Gasteiger partial charge is 0.342 e. The van der Waals surface area contributed by atoms with Crippen molar-refractivity contribution in [3.05, 3.63) is 51.2 Å². The number of rotatable bonds is 3. The SMILES string of the molecule is Nc1cccc(Cl)c1C(=O)OCc1cccs1. The van der Waals surface area contributed by atoms with Crippen molar-refractivity contribution in [2.24, 2.45) is 0 Å². The first-order valence-corrected chi connectivity index (χ1v) is 6.17. The Balaban J connectivity index is 2.10. The molecule has 3 nitrogen and oxygen atoms in total. The molecule has 17 heavy (non-hydrogen) atoms. The van der Waals surface area contributed by atoms with Gasteiger partial charge in [-0.25, -0.2) is 4.79 Å². The molecule has 0 saturated heterocycles. The number of carbonyl (C=O) groups excluding carboxylic acids is 1. The zero-order chi connectivity index (χ0) is 12.3. The summed E-state index contributed by atoms with van der Waals surface area (Å²) in [6.45, 7) is 0.237. The number of halogens is 1. The van der Waals surface area contributed by atoms with Crippen molar-refractivity contribution < 1.29 is 9.53 Å². The summed E-state index contributed by atoms with van der Waals surface area (Å²) in [5, 5.41) is 2.23. The summed E-state index contributed by atoms with van der Waals surface area (Å²) in [7, 11) is 0. The number of hydrogen-bond donors (Lipinski definition) is 1. The van der Waals surface area contributed by atoms with Crippen LogP contribution in [0.2, 0.25) is 5.02 Å². The molecule has 0 radical (unpaired) electrons. The third-order valence-corrected chi connectivity index (χ3v) is 3.34. The number of nitrogens with two attached hydrogens (primary N) is 1. The third kappa shape index (κ3) is 2.78. The molecular formula is C12H10ClNO2S. The van der Waals surface area contributed by atoms with E-state index in [4.69, 9.17) is 22.1 Å². The molecule has 1 aromatic carbocycles. The van der Waals surface area contributed by atoms with Gasteiger partial charge in [-0.3, -0.25) is 0 Å². The summed E-state index contributed by atoms with van der Waals surface area (Å²) >= 11 is 7.43. The quantitative estimate of drug-likeness (QED) is 0.685. The second-order valence-corrected chi connectivity index (χ2v) is 4.80. The van der Waals surface area contributed by atoms with Gasteiger partial charge < -0.3 is 10.5 Å². The fraction of sp³-hybridized carbons (Fsp3) is 0.0833. The molecule has 1 aromatic heterocycles. The summed E-state index contributed by atoms with van der Waals surface area (Å²) in [5.41, 5.74) is 6.24. The first-order valence-electron chi connectivity index (χ1n) is 4.92. The molecule has 0 aliphatic rings. The van der Waals surface area contributed by atoms with Crippen LogP contribution in [0.5, 0.6) is 0 Å². The molecule has 0 aliphatic heterocycles. The number of nitrogen functional groups attached to an aromatic ring is 1. The molecule has 0 amide bonds. The highest BCUT2D eigenvalue weighted by atomic mass is 35.5. The monoisotopic (exact) mass is 267 g/mol. The summed E-state index contributed by atoms with van der Waals surface area (Å²) < 4.78 is 5.14. The van der Waals surface area contributed by atoms with Crippen LogP contribution in [0.25, 0.3) is 0 Å². The van der Waals surface area contributed by atoms with Crippen LogP contribution < -0.4 is 5.73 Å². The van der Waals surface area contributed by atoms with Gasteiger partial charge in [-0.05, 0) is 23.6 Å². The molecule has 0 aliphatic carbocycles. The van der Waals surface area contributed by atoms with E-state index in [1.807, 2.05) is 17.5 Å². The second-order valence-electron chi connectivity index (χ2n) is 3.36. The normalized spacial score (nSPS) is 10.2. The molecule has 0 spiro atoms. The molecule has 0 unspecified atom stereocenters. The highest BCUT2D eigenvalue weighted by Gasteiger charge is 2.15. The van der Waals surface area contributed by atoms with Crippen LogP contribution in [-0.2, 0) is 11.3 Å². The Bertz CT molecular complexity index is 505. The van der Waals surface area contributed by atoms with E-state index in [9.17, 15) is 4.79 Å². The van der Waals surface area contributed by atoms with Gasteiger partial charge in [0.2, 0.25) is 0 Å². The molecule has 0 atom stereocenters. The van der Waals surface area contributed by atoms with Crippen molar-refractivity contribution in [3.8, 4) is 0 Å². The van der Waals surface area contributed by atoms with Crippen molar-refractivity contribution >= 4 is 34.6 Å². The Morgan fingerprint density at radius 2 is 2.18 bits per heavy atom. The van der Waals surface area contributed by atoms with Gasteiger partial charge in [0, 0.05) is 10.6 Å². The maximum atomic E-state index is 11.8. The summed E-state index contributed by atoms with van der Waals surface area (Å²) in [5.74, 6) is -0.499. The van der Waals surface area contributed by atoms with Crippen molar-refractivity contribution in [1.82, 2.24) is 0 Å². The number of ether oxygens (including phenoxy) is 1. The summed E-state index contributed by atoms with van der Waals surface area (Å²) in [6.07, 6.45) is 0. The van der Waals surface area contributed by atoms with Crippen LogP contribution in [0.1, 0.15) is 15.2 Å². The minimum Gasteiger partial charge on any atom is -0.456 e. The number of carbonyl (C=O) groups is 1. The van der Waals surface area contributed by atoms with Gasteiger partial charge in [-0.15, -0.1) is 11.3 Å². The lowest BCUT2D eigenvalue weighted by Gasteiger charge is -2.07. The molecule has 0 bridgehead atoms. The van der Waals surface area contributed by atoms with E-state index in [1.165, 1.54) is 11.3 Å². The number of hydrogen-bond acceptors (Lipinski definition) is 4. The topological polar surface area (TPSA) is 52.3 Å². The molecule has 1 heterocycles. The molecule has 2 aromatic rings. The highest BCUT2D eigenvalue weighted by Crippen LogP contribution is 2.23. The lowest BCUT2D eigenvalue weighted by molar-refractivity contribution is 0.0478. The van der Waals surface area contributed by atoms with E-state index >= 15 is 0 Å². The van der Waals surface area contributed by atoms with Crippen LogP contribution in [0.4, 0.5) is 5.69 Å². The zero-order valence-electron chi connectivity index (χ0n) is 8.85. The van der Waals surface area contributed by atoms with Crippen LogP contribution in [0, 0.1) is 0 Å². The van der Waals surface area contributed by atoms with E-state index in [-0.39, 0.29) is 12.2 Å². The Kier molecular flexibility index (Phi) is 3.66. The van der Waals surface area contributed by atoms with Gasteiger partial charge in [0.1, 0.15) is 12.2 Å². The van der Waals surface area contributed by atoms with Crippen molar-refractivity contribution in [1.29, 1.82) is 0 Å². The number of anilines is 1. The molecule has 0 saturated carbocycles. The Labute approximate surface area is 108 Å². The number of benzene rings is 1. The van der Waals surface area contributed by atoms with Crippen molar-refractivity contribution in [2.45, 2.75) is 6.61 Å². The van der Waals surface area contributed by atoms with Crippen LogP contribution in [-0.4, -0.2) is 5.97 Å². The summed E-state index contributed by atoms with van der Waals surface area (Å²) in [4.78, 5) is 12.8. The maximum Gasteiger partial charge on any atom is 0.342 e. The van der Waals surface area contributed by atoms with E-state index in [2.05, 4.69) is 0 Å². The Morgan fingerprint density at radius 1 is 1.35 bits per heavy atom. The van der Waals surface area contributed by atoms with Gasteiger partial charge in [0.05, 0.1) is 5.02 Å². The largest absolute Gasteiger partial charge is 0.456 e. The number of esters is 1. The second kappa shape index (κ2) is 5.21. The molecule has 5 heteroatoms. The Morgan fingerprint density at radius 3 is 2.82 bits per heavy atom. The fourth-order valence-electron chi connectivity index (χ4n) is 1.36. The molecular weight excluding hydrogens is 258 g/mol. The van der Waals surface area contributed by atoms with Crippen molar-refractivity contribution in [2.75, 3.05) is 5.73 Å². The average Bonchev–Trinajstić information content (AvgIpc) is 2.79. The summed E-state index contributed by atoms with van der Waals surface area (Å²) in [6, 6.07) is 8.71. The highest BCUT2D eigenvalue weighted by molar-refractivity contribution is 7.09. The van der Waals surface area contributed by atoms with E-state index < -0.39 is 5.97 Å². The minimum absolute atomic E-state index is 0.228. The molecule has 2 N–H and O–H groups in total. The van der Waals surface area contributed by atoms with Gasteiger partial charge in [0.15, 0.2) is 0 Å². The molecule has 88 valence electrons. The fourth-order valence-corrected chi connectivity index (χ4v) is 2.23. The third-order valence-electron chi connectivity index (χ3n) is 2.18. The van der Waals surface area contributed by atoms with Crippen molar-refractivity contribution in [3.63, 3.8) is 0 Å². The van der Waals surface area contributed by atoms with Gasteiger partial charge in [-0.1, -0.05) is 23.7 Å². The first kappa shape index (κ1) is 12.0. The van der Waals surface area contributed by atoms with E-state index in [0.717, 1.165) is 4.88 Å². The maximum absolute atomic E-state index is 11.8. The van der Waals surface area contributed by atoms with Crippen LogP contribution >= 0.6 is 22.9 Å². The lowest BCUT2D eigenvalue weighted by Crippen LogP contribution is -2.08. The van der Waals surface area contributed by atoms with Gasteiger partial charge in [0.25, 0.3) is 0 Å². The lowest BCUT2D eigenvalue weighted by atomic mass is 10.2. The average molecular weight is 268 g/mol. The van der Waals surface area contributed by atoms with E-state index in [1.54, 1.807) is 18.2 Å². The zero-order valence-corrected chi connectivity index (χ0v) is 10.4. The van der Waals surface area contributed by atoms with Crippen LogP contribution in [0.3, 0.4) is 0 Å². The van der Waals surface area contributed by atoms with Crippen LogP contribution in [0.15, 0.2) is 35.7 Å².